The van der Waals surface area contributed by atoms with Crippen molar-refractivity contribution >= 4 is 33.8 Å². The lowest BCUT2D eigenvalue weighted by atomic mass is 10.2. The van der Waals surface area contributed by atoms with Crippen LogP contribution in [0.4, 0.5) is 10.7 Å². The second-order valence-corrected chi connectivity index (χ2v) is 5.12. The summed E-state index contributed by atoms with van der Waals surface area (Å²) >= 11 is 1.08. The smallest absolute Gasteiger partial charge is 0.260 e. The normalized spacial score (nSPS) is 14.6. The Morgan fingerprint density at radius 2 is 1.94 bits per heavy atom. The molecule has 7 heteroatoms. The molecule has 1 aliphatic rings. The Morgan fingerprint density at radius 1 is 1.29 bits per heavy atom. The molecule has 17 heavy (non-hydrogen) atoms. The molecule has 0 aromatic carbocycles. The Kier molecular flexibility index (Phi) is 2.93. The fourth-order valence-electron chi connectivity index (χ4n) is 1.56. The first-order valence-electron chi connectivity index (χ1n) is 5.26. The molecule has 1 heterocycles. The number of rotatable bonds is 5. The lowest BCUT2D eigenvalue weighted by Gasteiger charge is -2.04. The summed E-state index contributed by atoms with van der Waals surface area (Å²) in [6.45, 7) is 0.762. The summed E-state index contributed by atoms with van der Waals surface area (Å²) in [6.07, 6.45) is 2.37. The molecule has 1 fully saturated rings. The number of hydrogen-bond donors (Lipinski definition) is 4. The molecule has 2 rings (SSSR count). The average Bonchev–Trinajstić information content (AvgIpc) is 2.98. The molecule has 0 radical (unpaired) electrons. The molecule has 7 N–H and O–H groups in total. The largest absolute Gasteiger partial charge is 0.397 e. The van der Waals surface area contributed by atoms with Crippen LogP contribution in [-0.4, -0.2) is 18.4 Å². The highest BCUT2D eigenvalue weighted by Gasteiger charge is 2.25. The van der Waals surface area contributed by atoms with Gasteiger partial charge in [0, 0.05) is 6.54 Å². The second-order valence-electron chi connectivity index (χ2n) is 4.10. The first kappa shape index (κ1) is 11.7. The van der Waals surface area contributed by atoms with Crippen LogP contribution in [0.25, 0.3) is 0 Å². The maximum absolute atomic E-state index is 11.3. The predicted octanol–water partition coefficient (Wildman–Crippen LogP) is 0.350. The third kappa shape index (κ3) is 2.33. The van der Waals surface area contributed by atoms with Crippen LogP contribution in [0, 0.1) is 5.92 Å². The number of anilines is 2. The molecule has 0 saturated heterocycles. The molecule has 6 nitrogen and oxygen atoms in total. The van der Waals surface area contributed by atoms with E-state index in [-0.39, 0.29) is 16.1 Å². The third-order valence-electron chi connectivity index (χ3n) is 2.66. The van der Waals surface area contributed by atoms with Gasteiger partial charge in [-0.15, -0.1) is 11.3 Å². The van der Waals surface area contributed by atoms with Gasteiger partial charge in [0.25, 0.3) is 11.8 Å². The lowest BCUT2D eigenvalue weighted by molar-refractivity contribution is 0.0999. The zero-order valence-electron chi connectivity index (χ0n) is 9.16. The van der Waals surface area contributed by atoms with Crippen LogP contribution < -0.4 is 22.5 Å². The van der Waals surface area contributed by atoms with Crippen molar-refractivity contribution in [3.8, 4) is 0 Å². The van der Waals surface area contributed by atoms with Crippen molar-refractivity contribution in [2.45, 2.75) is 12.8 Å². The molecular weight excluding hydrogens is 240 g/mol. The van der Waals surface area contributed by atoms with E-state index in [1.807, 2.05) is 0 Å². The van der Waals surface area contributed by atoms with E-state index in [0.717, 1.165) is 17.9 Å². The Morgan fingerprint density at radius 3 is 2.41 bits per heavy atom. The van der Waals surface area contributed by atoms with Crippen molar-refractivity contribution in [3.63, 3.8) is 0 Å². The topological polar surface area (TPSA) is 124 Å². The van der Waals surface area contributed by atoms with E-state index < -0.39 is 11.8 Å². The molecule has 2 amide bonds. The molecule has 92 valence electrons. The molecule has 0 spiro atoms. The maximum atomic E-state index is 11.3. The Hall–Kier alpha value is -1.76. The molecule has 1 aliphatic carbocycles. The summed E-state index contributed by atoms with van der Waals surface area (Å²) in [5.74, 6) is -0.657. The molecule has 1 aromatic heterocycles. The number of amides is 2. The average molecular weight is 254 g/mol. The molecule has 0 bridgehead atoms. The summed E-state index contributed by atoms with van der Waals surface area (Å²) in [4.78, 5) is 22.6. The summed E-state index contributed by atoms with van der Waals surface area (Å²) in [7, 11) is 0. The van der Waals surface area contributed by atoms with E-state index >= 15 is 0 Å². The molecular formula is C10H14N4O2S. The van der Waals surface area contributed by atoms with Crippen LogP contribution in [0.5, 0.6) is 0 Å². The van der Waals surface area contributed by atoms with Gasteiger partial charge in [0.2, 0.25) is 0 Å². The highest BCUT2D eigenvalue weighted by atomic mass is 32.1. The zero-order valence-corrected chi connectivity index (χ0v) is 9.97. The van der Waals surface area contributed by atoms with Crippen LogP contribution in [-0.2, 0) is 0 Å². The van der Waals surface area contributed by atoms with Gasteiger partial charge in [-0.1, -0.05) is 0 Å². The minimum Gasteiger partial charge on any atom is -0.397 e. The van der Waals surface area contributed by atoms with Gasteiger partial charge in [-0.25, -0.2) is 0 Å². The highest BCUT2D eigenvalue weighted by molar-refractivity contribution is 7.19. The standard InChI is InChI=1S/C10H14N4O2S/c11-6-5(8(12)15)10(14-3-4-1-2-4)17-7(6)9(13)16/h4,14H,1-3,11H2,(H2,12,15)(H2,13,16). The molecule has 0 aliphatic heterocycles. The first-order valence-corrected chi connectivity index (χ1v) is 6.08. The lowest BCUT2D eigenvalue weighted by Crippen LogP contribution is -2.16. The van der Waals surface area contributed by atoms with Gasteiger partial charge in [-0.2, -0.15) is 0 Å². The SMILES string of the molecule is NC(=O)c1sc(NCC2CC2)c(C(N)=O)c1N. The Balaban J connectivity index is 2.30. The summed E-state index contributed by atoms with van der Waals surface area (Å²) in [6, 6.07) is 0. The van der Waals surface area contributed by atoms with Gasteiger partial charge >= 0.3 is 0 Å². The van der Waals surface area contributed by atoms with E-state index in [1.165, 1.54) is 12.8 Å². The van der Waals surface area contributed by atoms with Crippen LogP contribution >= 0.6 is 11.3 Å². The van der Waals surface area contributed by atoms with Crippen molar-refractivity contribution in [3.05, 3.63) is 10.4 Å². The highest BCUT2D eigenvalue weighted by Crippen LogP contribution is 2.36. The summed E-state index contributed by atoms with van der Waals surface area (Å²) in [5.41, 5.74) is 16.4. The monoisotopic (exact) mass is 254 g/mol. The zero-order chi connectivity index (χ0) is 12.6. The van der Waals surface area contributed by atoms with E-state index in [4.69, 9.17) is 17.2 Å². The van der Waals surface area contributed by atoms with Gasteiger partial charge in [0.05, 0.1) is 11.3 Å². The maximum Gasteiger partial charge on any atom is 0.260 e. The number of nitrogen functional groups attached to an aromatic ring is 1. The number of carbonyl (C=O) groups excluding carboxylic acids is 2. The third-order valence-corrected chi connectivity index (χ3v) is 3.84. The van der Waals surface area contributed by atoms with Gasteiger partial charge in [-0.05, 0) is 18.8 Å². The fourth-order valence-corrected chi connectivity index (χ4v) is 2.54. The van der Waals surface area contributed by atoms with Crippen molar-refractivity contribution < 1.29 is 9.59 Å². The van der Waals surface area contributed by atoms with Crippen LogP contribution in [0.3, 0.4) is 0 Å². The Labute approximate surface area is 102 Å². The van der Waals surface area contributed by atoms with Crippen molar-refractivity contribution in [1.82, 2.24) is 0 Å². The van der Waals surface area contributed by atoms with Crippen molar-refractivity contribution in [1.29, 1.82) is 0 Å². The number of primary amides is 2. The second kappa shape index (κ2) is 4.25. The van der Waals surface area contributed by atoms with Gasteiger partial charge in [0.15, 0.2) is 0 Å². The van der Waals surface area contributed by atoms with Crippen molar-refractivity contribution in [2.75, 3.05) is 17.6 Å². The van der Waals surface area contributed by atoms with Crippen molar-refractivity contribution in [2.24, 2.45) is 17.4 Å². The quantitative estimate of drug-likeness (QED) is 0.605. The first-order chi connectivity index (χ1) is 8.00. The van der Waals surface area contributed by atoms with Crippen LogP contribution in [0.15, 0.2) is 0 Å². The van der Waals surface area contributed by atoms with E-state index in [0.29, 0.717) is 10.9 Å². The fraction of sp³-hybridized carbons (Fsp3) is 0.400. The van der Waals surface area contributed by atoms with Crippen LogP contribution in [0.2, 0.25) is 0 Å². The predicted molar refractivity (Wildman–Crippen MR) is 67.0 cm³/mol. The van der Waals surface area contributed by atoms with E-state index in [2.05, 4.69) is 5.32 Å². The minimum atomic E-state index is -0.649. The van der Waals surface area contributed by atoms with Crippen LogP contribution in [0.1, 0.15) is 32.9 Å². The summed E-state index contributed by atoms with van der Waals surface area (Å²) < 4.78 is 0. The number of nitrogens with one attached hydrogen (secondary N) is 1. The molecule has 0 unspecified atom stereocenters. The number of thiophene rings is 1. The van der Waals surface area contributed by atoms with Gasteiger partial charge in [0.1, 0.15) is 9.88 Å². The Bertz CT molecular complexity index is 479. The molecule has 1 saturated carbocycles. The number of nitrogens with two attached hydrogens (primary N) is 3. The molecule has 1 aromatic rings. The number of hydrogen-bond acceptors (Lipinski definition) is 5. The molecule has 0 atom stereocenters. The van der Waals surface area contributed by atoms with Gasteiger partial charge < -0.3 is 22.5 Å². The minimum absolute atomic E-state index is 0.0771. The number of carbonyl (C=O) groups is 2. The summed E-state index contributed by atoms with van der Waals surface area (Å²) in [5, 5.41) is 3.64. The van der Waals surface area contributed by atoms with Gasteiger partial charge in [-0.3, -0.25) is 9.59 Å². The van der Waals surface area contributed by atoms with E-state index in [9.17, 15) is 9.59 Å². The van der Waals surface area contributed by atoms with E-state index in [1.54, 1.807) is 0 Å².